The highest BCUT2D eigenvalue weighted by Gasteiger charge is 2.14. The monoisotopic (exact) mass is 120 g/mol. The number of aliphatic imine (C=N–C) groups is 1. The van der Waals surface area contributed by atoms with Crippen molar-refractivity contribution >= 4 is 6.21 Å². The molecule has 0 spiro atoms. The van der Waals surface area contributed by atoms with E-state index in [-0.39, 0.29) is 0 Å². The van der Waals surface area contributed by atoms with E-state index in [2.05, 4.69) is 16.4 Å². The molecular formula is C7H8N2. The van der Waals surface area contributed by atoms with Crippen molar-refractivity contribution < 1.29 is 0 Å². The Hall–Kier alpha value is -1.05. The van der Waals surface area contributed by atoms with Crippen LogP contribution in [0.25, 0.3) is 0 Å². The van der Waals surface area contributed by atoms with Crippen molar-refractivity contribution in [2.24, 2.45) is 10.9 Å². The van der Waals surface area contributed by atoms with Gasteiger partial charge in [0.25, 0.3) is 0 Å². The highest BCUT2D eigenvalue weighted by atomic mass is 14.9. The van der Waals surface area contributed by atoms with Crippen LogP contribution in [0.3, 0.4) is 0 Å². The molecule has 1 atom stereocenters. The molecule has 1 unspecified atom stereocenters. The van der Waals surface area contributed by atoms with Gasteiger partial charge in [0.2, 0.25) is 0 Å². The van der Waals surface area contributed by atoms with E-state index in [9.17, 15) is 0 Å². The molecular weight excluding hydrogens is 112 g/mol. The van der Waals surface area contributed by atoms with Crippen LogP contribution in [-0.2, 0) is 0 Å². The van der Waals surface area contributed by atoms with Crippen molar-refractivity contribution in [3.05, 3.63) is 24.0 Å². The number of rotatable bonds is 0. The SMILES string of the molecule is C1=CC2=CN=CC2CN1. The first-order valence-electron chi connectivity index (χ1n) is 3.10. The van der Waals surface area contributed by atoms with Gasteiger partial charge in [0, 0.05) is 24.9 Å². The summed E-state index contributed by atoms with van der Waals surface area (Å²) in [5.74, 6) is 0.537. The second-order valence-electron chi connectivity index (χ2n) is 2.28. The predicted octanol–water partition coefficient (Wildman–Crippen LogP) is 0.688. The summed E-state index contributed by atoms with van der Waals surface area (Å²) in [4.78, 5) is 4.05. The fraction of sp³-hybridized carbons (Fsp3) is 0.286. The van der Waals surface area contributed by atoms with Gasteiger partial charge in [-0.1, -0.05) is 0 Å². The van der Waals surface area contributed by atoms with Gasteiger partial charge in [0.1, 0.15) is 0 Å². The van der Waals surface area contributed by atoms with Gasteiger partial charge >= 0.3 is 0 Å². The number of hydrogen-bond donors (Lipinski definition) is 1. The Morgan fingerprint density at radius 3 is 3.56 bits per heavy atom. The summed E-state index contributed by atoms with van der Waals surface area (Å²) in [6.07, 6.45) is 7.94. The molecule has 2 aliphatic rings. The van der Waals surface area contributed by atoms with Crippen molar-refractivity contribution in [3.8, 4) is 0 Å². The topological polar surface area (TPSA) is 24.4 Å². The lowest BCUT2D eigenvalue weighted by Crippen LogP contribution is -2.22. The summed E-state index contributed by atoms with van der Waals surface area (Å²) in [6, 6.07) is 0. The van der Waals surface area contributed by atoms with E-state index in [0.29, 0.717) is 5.92 Å². The second-order valence-corrected chi connectivity index (χ2v) is 2.28. The van der Waals surface area contributed by atoms with E-state index in [1.807, 2.05) is 18.6 Å². The first-order chi connectivity index (χ1) is 4.47. The Morgan fingerprint density at radius 1 is 1.67 bits per heavy atom. The molecule has 0 amide bonds. The first-order valence-corrected chi connectivity index (χ1v) is 3.10. The van der Waals surface area contributed by atoms with E-state index in [0.717, 1.165) is 6.54 Å². The van der Waals surface area contributed by atoms with Crippen LogP contribution in [-0.4, -0.2) is 12.8 Å². The van der Waals surface area contributed by atoms with Gasteiger partial charge in [0.15, 0.2) is 0 Å². The number of nitrogens with zero attached hydrogens (tertiary/aromatic N) is 1. The Labute approximate surface area is 54.0 Å². The van der Waals surface area contributed by atoms with Gasteiger partial charge in [-0.25, -0.2) is 0 Å². The fourth-order valence-corrected chi connectivity index (χ4v) is 1.10. The fourth-order valence-electron chi connectivity index (χ4n) is 1.10. The van der Waals surface area contributed by atoms with Crippen LogP contribution in [0.1, 0.15) is 0 Å². The van der Waals surface area contributed by atoms with Crippen molar-refractivity contribution in [1.29, 1.82) is 0 Å². The van der Waals surface area contributed by atoms with Gasteiger partial charge in [-0.3, -0.25) is 4.99 Å². The molecule has 0 saturated heterocycles. The van der Waals surface area contributed by atoms with Gasteiger partial charge in [-0.2, -0.15) is 0 Å². The normalized spacial score (nSPS) is 29.3. The summed E-state index contributed by atoms with van der Waals surface area (Å²) < 4.78 is 0. The van der Waals surface area contributed by atoms with Crippen molar-refractivity contribution in [2.45, 2.75) is 0 Å². The molecule has 0 fully saturated rings. The summed E-state index contributed by atoms with van der Waals surface area (Å²) in [7, 11) is 0. The maximum atomic E-state index is 4.05. The molecule has 0 aliphatic carbocycles. The van der Waals surface area contributed by atoms with Crippen LogP contribution in [0.5, 0.6) is 0 Å². The molecule has 0 aromatic heterocycles. The molecule has 2 rings (SSSR count). The number of nitrogens with one attached hydrogen (secondary N) is 1. The highest BCUT2D eigenvalue weighted by molar-refractivity contribution is 5.71. The molecule has 2 aliphatic heterocycles. The number of hydrogen-bond acceptors (Lipinski definition) is 2. The maximum Gasteiger partial charge on any atom is 0.0382 e. The number of fused-ring (bicyclic) bond motifs is 1. The summed E-state index contributed by atoms with van der Waals surface area (Å²) >= 11 is 0. The molecule has 0 aromatic rings. The first kappa shape index (κ1) is 4.79. The molecule has 2 heteroatoms. The molecule has 2 heterocycles. The lowest BCUT2D eigenvalue weighted by molar-refractivity contribution is 0.733. The highest BCUT2D eigenvalue weighted by Crippen LogP contribution is 2.17. The molecule has 0 radical (unpaired) electrons. The Balaban J connectivity index is 2.31. The zero-order valence-corrected chi connectivity index (χ0v) is 5.04. The van der Waals surface area contributed by atoms with Crippen molar-refractivity contribution in [3.63, 3.8) is 0 Å². The Kier molecular flexibility index (Phi) is 0.918. The van der Waals surface area contributed by atoms with E-state index < -0.39 is 0 Å². The van der Waals surface area contributed by atoms with E-state index in [1.54, 1.807) is 0 Å². The summed E-state index contributed by atoms with van der Waals surface area (Å²) in [5.41, 5.74) is 1.33. The minimum atomic E-state index is 0.537. The van der Waals surface area contributed by atoms with Crippen LogP contribution in [0.4, 0.5) is 0 Å². The Bertz CT molecular complexity index is 201. The molecule has 0 aromatic carbocycles. The van der Waals surface area contributed by atoms with Gasteiger partial charge in [-0.15, -0.1) is 0 Å². The Morgan fingerprint density at radius 2 is 2.67 bits per heavy atom. The van der Waals surface area contributed by atoms with Crippen molar-refractivity contribution in [2.75, 3.05) is 6.54 Å². The minimum Gasteiger partial charge on any atom is -0.390 e. The zero-order chi connectivity index (χ0) is 6.10. The third-order valence-electron chi connectivity index (χ3n) is 1.65. The molecule has 9 heavy (non-hydrogen) atoms. The smallest absolute Gasteiger partial charge is 0.0382 e. The average Bonchev–Trinajstić information content (AvgIpc) is 2.33. The molecule has 46 valence electrons. The lowest BCUT2D eigenvalue weighted by Gasteiger charge is -2.13. The predicted molar refractivity (Wildman–Crippen MR) is 37.2 cm³/mol. The van der Waals surface area contributed by atoms with E-state index in [4.69, 9.17) is 0 Å². The standard InChI is InChI=1S/C7H8N2/c1-2-8-4-7-5-9-3-6(1)7/h1-3,5,7-8H,4H2. The van der Waals surface area contributed by atoms with Gasteiger partial charge in [0.05, 0.1) is 0 Å². The third kappa shape index (κ3) is 0.669. The van der Waals surface area contributed by atoms with E-state index >= 15 is 0 Å². The molecule has 0 bridgehead atoms. The summed E-state index contributed by atoms with van der Waals surface area (Å²) in [5, 5.41) is 3.14. The van der Waals surface area contributed by atoms with Crippen LogP contribution in [0.15, 0.2) is 29.0 Å². The lowest BCUT2D eigenvalue weighted by atomic mass is 10.0. The largest absolute Gasteiger partial charge is 0.390 e. The molecule has 2 nitrogen and oxygen atoms in total. The van der Waals surface area contributed by atoms with Crippen molar-refractivity contribution in [1.82, 2.24) is 5.32 Å². The van der Waals surface area contributed by atoms with Gasteiger partial charge in [-0.05, 0) is 17.8 Å². The number of allylic oxidation sites excluding steroid dienone is 1. The minimum absolute atomic E-state index is 0.537. The van der Waals surface area contributed by atoms with Crippen LogP contribution < -0.4 is 5.32 Å². The zero-order valence-electron chi connectivity index (χ0n) is 5.04. The summed E-state index contributed by atoms with van der Waals surface area (Å²) in [6.45, 7) is 1.01. The quantitative estimate of drug-likeness (QED) is 0.499. The van der Waals surface area contributed by atoms with E-state index in [1.165, 1.54) is 5.57 Å². The van der Waals surface area contributed by atoms with Gasteiger partial charge < -0.3 is 5.32 Å². The van der Waals surface area contributed by atoms with Crippen LogP contribution in [0.2, 0.25) is 0 Å². The molecule has 1 N–H and O–H groups in total. The van der Waals surface area contributed by atoms with Crippen LogP contribution in [0, 0.1) is 5.92 Å². The maximum absolute atomic E-state index is 4.05. The second kappa shape index (κ2) is 1.72. The average molecular weight is 120 g/mol. The third-order valence-corrected chi connectivity index (χ3v) is 1.65. The molecule has 0 saturated carbocycles. The van der Waals surface area contributed by atoms with Crippen LogP contribution >= 0.6 is 0 Å².